The Labute approximate surface area is 147 Å². The molecule has 3 heterocycles. The summed E-state index contributed by atoms with van der Waals surface area (Å²) in [4.78, 5) is 6.99. The number of benzene rings is 1. The minimum Gasteiger partial charge on any atom is -0.497 e. The summed E-state index contributed by atoms with van der Waals surface area (Å²) in [5.41, 5.74) is 2.27. The number of nitrogens with zero attached hydrogens (tertiary/aromatic N) is 4. The fraction of sp³-hybridized carbons (Fsp3) is 0.368. The zero-order valence-electron chi connectivity index (χ0n) is 14.6. The van der Waals surface area contributed by atoms with Crippen LogP contribution in [0.1, 0.15) is 30.5 Å². The average Bonchev–Trinajstić information content (AvgIpc) is 3.37. The standard InChI is InChI=1S/C19H22N4O2/c1-22-11-3-5-16(22)17-6-4-12-23(17)13-18-20-19(21-25-18)14-7-9-15(24-2)10-8-14/h3,5,7-11,17H,4,6,12-13H2,1-2H3/t17-/m0/s1. The monoisotopic (exact) mass is 338 g/mol. The predicted octanol–water partition coefficient (Wildman–Crippen LogP) is 3.42. The van der Waals surface area contributed by atoms with Gasteiger partial charge in [-0.25, -0.2) is 0 Å². The third-order valence-corrected chi connectivity index (χ3v) is 4.84. The first-order chi connectivity index (χ1) is 12.2. The van der Waals surface area contributed by atoms with E-state index in [2.05, 4.69) is 45.0 Å². The Morgan fingerprint density at radius 3 is 2.80 bits per heavy atom. The maximum Gasteiger partial charge on any atom is 0.241 e. The second-order valence-corrected chi connectivity index (χ2v) is 6.41. The Balaban J connectivity index is 1.49. The molecule has 1 atom stereocenters. The second kappa shape index (κ2) is 6.72. The van der Waals surface area contributed by atoms with Gasteiger partial charge in [0.15, 0.2) is 0 Å². The lowest BCUT2D eigenvalue weighted by molar-refractivity contribution is 0.207. The SMILES string of the molecule is COc1ccc(-c2noc(CN3CCC[C@H]3c3cccn3C)n2)cc1. The summed E-state index contributed by atoms with van der Waals surface area (Å²) in [6, 6.07) is 12.4. The number of rotatable bonds is 5. The van der Waals surface area contributed by atoms with Gasteiger partial charge in [0.2, 0.25) is 11.7 Å². The van der Waals surface area contributed by atoms with E-state index in [-0.39, 0.29) is 0 Å². The van der Waals surface area contributed by atoms with Gasteiger partial charge in [0.25, 0.3) is 0 Å². The number of likely N-dealkylation sites (tertiary alicyclic amines) is 1. The Morgan fingerprint density at radius 1 is 1.24 bits per heavy atom. The highest BCUT2D eigenvalue weighted by Gasteiger charge is 2.29. The average molecular weight is 338 g/mol. The molecule has 0 spiro atoms. The summed E-state index contributed by atoms with van der Waals surface area (Å²) >= 11 is 0. The number of hydrogen-bond donors (Lipinski definition) is 0. The molecule has 0 amide bonds. The maximum atomic E-state index is 5.49. The van der Waals surface area contributed by atoms with E-state index in [9.17, 15) is 0 Å². The van der Waals surface area contributed by atoms with E-state index in [1.165, 1.54) is 12.1 Å². The summed E-state index contributed by atoms with van der Waals surface area (Å²) in [5.74, 6) is 2.09. The molecule has 6 nitrogen and oxygen atoms in total. The quantitative estimate of drug-likeness (QED) is 0.713. The number of aromatic nitrogens is 3. The van der Waals surface area contributed by atoms with Crippen molar-refractivity contribution in [3.8, 4) is 17.1 Å². The Kier molecular flexibility index (Phi) is 4.28. The molecule has 3 aromatic rings. The van der Waals surface area contributed by atoms with Gasteiger partial charge in [-0.05, 0) is 55.8 Å². The van der Waals surface area contributed by atoms with Crippen molar-refractivity contribution in [1.82, 2.24) is 19.6 Å². The molecule has 0 N–H and O–H groups in total. The highest BCUT2D eigenvalue weighted by molar-refractivity contribution is 5.55. The lowest BCUT2D eigenvalue weighted by atomic mass is 10.1. The van der Waals surface area contributed by atoms with Gasteiger partial charge >= 0.3 is 0 Å². The lowest BCUT2D eigenvalue weighted by Crippen LogP contribution is -2.24. The molecule has 0 aliphatic carbocycles. The van der Waals surface area contributed by atoms with Crippen molar-refractivity contribution in [2.24, 2.45) is 7.05 Å². The van der Waals surface area contributed by atoms with E-state index < -0.39 is 0 Å². The first-order valence-corrected chi connectivity index (χ1v) is 8.57. The molecule has 2 aromatic heterocycles. The van der Waals surface area contributed by atoms with Crippen LogP contribution in [-0.2, 0) is 13.6 Å². The van der Waals surface area contributed by atoms with Gasteiger partial charge in [0.05, 0.1) is 19.7 Å². The normalized spacial score (nSPS) is 17.9. The van der Waals surface area contributed by atoms with Gasteiger partial charge in [-0.2, -0.15) is 4.98 Å². The lowest BCUT2D eigenvalue weighted by Gasteiger charge is -2.23. The zero-order valence-corrected chi connectivity index (χ0v) is 14.6. The van der Waals surface area contributed by atoms with Crippen LogP contribution in [-0.4, -0.2) is 33.3 Å². The largest absolute Gasteiger partial charge is 0.497 e. The fourth-order valence-electron chi connectivity index (χ4n) is 3.52. The van der Waals surface area contributed by atoms with Crippen molar-refractivity contribution >= 4 is 0 Å². The van der Waals surface area contributed by atoms with Crippen LogP contribution < -0.4 is 4.74 Å². The Hall–Kier alpha value is -2.60. The number of ether oxygens (including phenoxy) is 1. The summed E-state index contributed by atoms with van der Waals surface area (Å²) in [6.45, 7) is 1.73. The fourth-order valence-corrected chi connectivity index (χ4v) is 3.52. The summed E-state index contributed by atoms with van der Waals surface area (Å²) in [5, 5.41) is 4.13. The van der Waals surface area contributed by atoms with Gasteiger partial charge in [-0.1, -0.05) is 5.16 Å². The van der Waals surface area contributed by atoms with Gasteiger partial charge in [-0.3, -0.25) is 4.90 Å². The van der Waals surface area contributed by atoms with Crippen molar-refractivity contribution in [1.29, 1.82) is 0 Å². The molecule has 1 aliphatic rings. The summed E-state index contributed by atoms with van der Waals surface area (Å²) in [6.07, 6.45) is 4.45. The van der Waals surface area contributed by atoms with Crippen LogP contribution in [0.4, 0.5) is 0 Å². The molecule has 0 unspecified atom stereocenters. The summed E-state index contributed by atoms with van der Waals surface area (Å²) in [7, 11) is 3.75. The van der Waals surface area contributed by atoms with Crippen LogP contribution in [0, 0.1) is 0 Å². The molecule has 4 rings (SSSR count). The van der Waals surface area contributed by atoms with E-state index >= 15 is 0 Å². The molecule has 0 saturated carbocycles. The Morgan fingerprint density at radius 2 is 2.08 bits per heavy atom. The van der Waals surface area contributed by atoms with E-state index in [0.29, 0.717) is 24.3 Å². The van der Waals surface area contributed by atoms with Crippen molar-refractivity contribution < 1.29 is 9.26 Å². The van der Waals surface area contributed by atoms with Crippen molar-refractivity contribution in [3.05, 3.63) is 54.2 Å². The first kappa shape index (κ1) is 15.9. The van der Waals surface area contributed by atoms with E-state index in [1.54, 1.807) is 7.11 Å². The molecular formula is C19H22N4O2. The molecule has 1 fully saturated rings. The van der Waals surface area contributed by atoms with E-state index in [0.717, 1.165) is 24.3 Å². The number of methoxy groups -OCH3 is 1. The predicted molar refractivity (Wildman–Crippen MR) is 94.1 cm³/mol. The topological polar surface area (TPSA) is 56.3 Å². The second-order valence-electron chi connectivity index (χ2n) is 6.41. The van der Waals surface area contributed by atoms with Crippen LogP contribution in [0.2, 0.25) is 0 Å². The maximum absolute atomic E-state index is 5.49. The minimum atomic E-state index is 0.413. The Bertz CT molecular complexity index is 837. The molecule has 0 bridgehead atoms. The van der Waals surface area contributed by atoms with Crippen molar-refractivity contribution in [2.45, 2.75) is 25.4 Å². The van der Waals surface area contributed by atoms with Gasteiger partial charge < -0.3 is 13.8 Å². The summed E-state index contributed by atoms with van der Waals surface area (Å²) < 4.78 is 12.9. The van der Waals surface area contributed by atoms with E-state index in [4.69, 9.17) is 9.26 Å². The van der Waals surface area contributed by atoms with E-state index in [1.807, 2.05) is 24.3 Å². The molecule has 1 aromatic carbocycles. The van der Waals surface area contributed by atoms with Gasteiger partial charge in [-0.15, -0.1) is 0 Å². The third-order valence-electron chi connectivity index (χ3n) is 4.84. The highest BCUT2D eigenvalue weighted by Crippen LogP contribution is 2.33. The number of aryl methyl sites for hydroxylation is 1. The van der Waals surface area contributed by atoms with Crippen molar-refractivity contribution in [2.75, 3.05) is 13.7 Å². The number of hydrogen-bond acceptors (Lipinski definition) is 5. The molecule has 25 heavy (non-hydrogen) atoms. The molecule has 1 aliphatic heterocycles. The van der Waals surface area contributed by atoms with Crippen LogP contribution in [0.3, 0.4) is 0 Å². The van der Waals surface area contributed by atoms with Crippen LogP contribution in [0.25, 0.3) is 11.4 Å². The smallest absolute Gasteiger partial charge is 0.241 e. The van der Waals surface area contributed by atoms with Crippen LogP contribution in [0.15, 0.2) is 47.1 Å². The van der Waals surface area contributed by atoms with Crippen LogP contribution >= 0.6 is 0 Å². The molecular weight excluding hydrogens is 316 g/mol. The highest BCUT2D eigenvalue weighted by atomic mass is 16.5. The van der Waals surface area contributed by atoms with Gasteiger partial charge in [0, 0.05) is 24.5 Å². The van der Waals surface area contributed by atoms with Crippen molar-refractivity contribution in [3.63, 3.8) is 0 Å². The molecule has 1 saturated heterocycles. The van der Waals surface area contributed by atoms with Gasteiger partial charge in [0.1, 0.15) is 5.75 Å². The van der Waals surface area contributed by atoms with Crippen LogP contribution in [0.5, 0.6) is 5.75 Å². The molecule has 6 heteroatoms. The molecule has 130 valence electrons. The minimum absolute atomic E-state index is 0.413. The molecule has 0 radical (unpaired) electrons. The first-order valence-electron chi connectivity index (χ1n) is 8.57. The zero-order chi connectivity index (χ0) is 17.2. The third kappa shape index (κ3) is 3.17.